The first-order valence-electron chi connectivity index (χ1n) is 4.84. The summed E-state index contributed by atoms with van der Waals surface area (Å²) in [6.45, 7) is 6.32. The number of fused-ring (bicyclic) bond motifs is 1. The highest BCUT2D eigenvalue weighted by molar-refractivity contribution is 5.83. The molecule has 0 saturated heterocycles. The molecule has 0 aliphatic carbocycles. The fourth-order valence-electron chi connectivity index (χ4n) is 1.65. The van der Waals surface area contributed by atoms with Crippen LogP contribution in [0.25, 0.3) is 10.9 Å². The molecule has 0 spiro atoms. The molecule has 0 fully saturated rings. The van der Waals surface area contributed by atoms with Crippen LogP contribution in [0.4, 0.5) is 0 Å². The third kappa shape index (κ3) is 2.36. The number of benzene rings is 1. The molecule has 15 heavy (non-hydrogen) atoms. The highest BCUT2D eigenvalue weighted by atomic mass is 14.7. The lowest BCUT2D eigenvalue weighted by Gasteiger charge is -1.96. The maximum Gasteiger partial charge on any atom is 0.0462 e. The molecule has 3 nitrogen and oxygen atoms in total. The predicted octanol–water partition coefficient (Wildman–Crippen LogP) is 2.12. The molecule has 0 bridgehead atoms. The molecule has 0 amide bonds. The van der Waals surface area contributed by atoms with Crippen LogP contribution >= 0.6 is 0 Å². The molecule has 3 N–H and O–H groups in total. The van der Waals surface area contributed by atoms with Crippen molar-refractivity contribution < 1.29 is 0 Å². The highest BCUT2D eigenvalue weighted by Gasteiger charge is 2.01. The van der Waals surface area contributed by atoms with Gasteiger partial charge in [0.25, 0.3) is 0 Å². The maximum atomic E-state index is 6.50. The van der Waals surface area contributed by atoms with Gasteiger partial charge in [-0.05, 0) is 37.6 Å². The molecule has 1 heterocycles. The van der Waals surface area contributed by atoms with Crippen molar-refractivity contribution in [3.05, 3.63) is 35.5 Å². The molecular formula is C12H15N3. The topological polar surface area (TPSA) is 65.6 Å². The second-order valence-corrected chi connectivity index (χ2v) is 3.40. The fraction of sp³-hybridized carbons (Fsp3) is 0.250. The number of aromatic nitrogens is 1. The molecule has 2 aromatic rings. The molecule has 0 aliphatic heterocycles. The van der Waals surface area contributed by atoms with Crippen molar-refractivity contribution in [1.29, 1.82) is 5.26 Å². The first kappa shape index (κ1) is 11.3. The monoisotopic (exact) mass is 201 g/mol. The van der Waals surface area contributed by atoms with Crippen LogP contribution in [0.2, 0.25) is 0 Å². The van der Waals surface area contributed by atoms with Crippen molar-refractivity contribution in [2.45, 2.75) is 13.3 Å². The number of nitrogens with two attached hydrogens (primary N) is 1. The molecule has 1 aromatic carbocycles. The maximum absolute atomic E-state index is 6.50. The Morgan fingerprint density at radius 3 is 2.80 bits per heavy atom. The van der Waals surface area contributed by atoms with Crippen molar-refractivity contribution in [3.8, 4) is 6.57 Å². The average molecular weight is 201 g/mol. The van der Waals surface area contributed by atoms with Gasteiger partial charge in [-0.15, -0.1) is 0 Å². The van der Waals surface area contributed by atoms with Crippen molar-refractivity contribution in [3.63, 3.8) is 0 Å². The summed E-state index contributed by atoms with van der Waals surface area (Å²) >= 11 is 0. The van der Waals surface area contributed by atoms with E-state index in [0.717, 1.165) is 6.42 Å². The van der Waals surface area contributed by atoms with Gasteiger partial charge in [0.1, 0.15) is 0 Å². The van der Waals surface area contributed by atoms with Crippen molar-refractivity contribution in [2.75, 3.05) is 6.54 Å². The molecule has 1 aromatic heterocycles. The fourth-order valence-corrected chi connectivity index (χ4v) is 1.65. The number of nitrogens with zero attached hydrogens (tertiary/aromatic N) is 1. The van der Waals surface area contributed by atoms with Crippen LogP contribution < -0.4 is 5.73 Å². The van der Waals surface area contributed by atoms with Gasteiger partial charge in [-0.1, -0.05) is 11.6 Å². The summed E-state index contributed by atoms with van der Waals surface area (Å²) in [4.78, 5) is 3.24. The Labute approximate surface area is 89.5 Å². The summed E-state index contributed by atoms with van der Waals surface area (Å²) in [5.74, 6) is 0. The van der Waals surface area contributed by atoms with Gasteiger partial charge in [0.05, 0.1) is 0 Å². The summed E-state index contributed by atoms with van der Waals surface area (Å²) in [7, 11) is 0. The lowest BCUT2D eigenvalue weighted by atomic mass is 10.1. The Morgan fingerprint density at radius 2 is 2.13 bits per heavy atom. The third-order valence-corrected chi connectivity index (χ3v) is 2.34. The number of rotatable bonds is 2. The van der Waals surface area contributed by atoms with Crippen LogP contribution in [0.3, 0.4) is 0 Å². The summed E-state index contributed by atoms with van der Waals surface area (Å²) in [5, 5.41) is 7.81. The molecule has 0 unspecified atom stereocenters. The van der Waals surface area contributed by atoms with Gasteiger partial charge in [-0.2, -0.15) is 0 Å². The molecule has 0 aliphatic rings. The minimum Gasteiger partial charge on any atom is -0.361 e. The van der Waals surface area contributed by atoms with E-state index < -0.39 is 0 Å². The van der Waals surface area contributed by atoms with E-state index in [4.69, 9.17) is 11.0 Å². The van der Waals surface area contributed by atoms with Crippen LogP contribution in [0, 0.1) is 18.8 Å². The van der Waals surface area contributed by atoms with Gasteiger partial charge in [-0.3, -0.25) is 0 Å². The van der Waals surface area contributed by atoms with Crippen molar-refractivity contribution in [2.24, 2.45) is 5.73 Å². The second-order valence-electron chi connectivity index (χ2n) is 3.40. The number of nitrogens with one attached hydrogen (secondary N) is 1. The number of aryl methyl sites for hydroxylation is 1. The number of nitriles is 1. The smallest absolute Gasteiger partial charge is 0.0462 e. The van der Waals surface area contributed by atoms with E-state index in [9.17, 15) is 0 Å². The minimum atomic E-state index is 0.709. The summed E-state index contributed by atoms with van der Waals surface area (Å²) in [5.41, 5.74) is 9.35. The zero-order valence-electron chi connectivity index (χ0n) is 8.83. The van der Waals surface area contributed by atoms with Gasteiger partial charge in [0.15, 0.2) is 0 Å². The van der Waals surface area contributed by atoms with Crippen LogP contribution in [0.1, 0.15) is 11.1 Å². The number of hydrogen-bond donors (Lipinski definition) is 2. The normalized spacial score (nSPS) is 9.60. The van der Waals surface area contributed by atoms with E-state index in [1.807, 2.05) is 0 Å². The highest BCUT2D eigenvalue weighted by Crippen LogP contribution is 2.19. The lowest BCUT2D eigenvalue weighted by Crippen LogP contribution is -2.01. The Morgan fingerprint density at radius 1 is 1.40 bits per heavy atom. The van der Waals surface area contributed by atoms with E-state index in [0.29, 0.717) is 6.54 Å². The molecule has 0 radical (unpaired) electrons. The van der Waals surface area contributed by atoms with E-state index >= 15 is 0 Å². The SMILES string of the molecule is C#N.Cc1ccc2[nH]cc(CCN)c2c1. The summed E-state index contributed by atoms with van der Waals surface area (Å²) in [6.07, 6.45) is 3.00. The molecule has 0 saturated carbocycles. The minimum absolute atomic E-state index is 0.709. The van der Waals surface area contributed by atoms with E-state index in [1.165, 1.54) is 22.0 Å². The Balaban J connectivity index is 0.000000531. The first-order valence-corrected chi connectivity index (χ1v) is 4.84. The summed E-state index contributed by atoms with van der Waals surface area (Å²) < 4.78 is 0. The number of aromatic amines is 1. The van der Waals surface area contributed by atoms with Crippen molar-refractivity contribution in [1.82, 2.24) is 4.98 Å². The van der Waals surface area contributed by atoms with E-state index in [2.05, 4.69) is 42.9 Å². The van der Waals surface area contributed by atoms with Gasteiger partial charge < -0.3 is 10.7 Å². The van der Waals surface area contributed by atoms with Crippen LogP contribution in [-0.4, -0.2) is 11.5 Å². The summed E-state index contributed by atoms with van der Waals surface area (Å²) in [6, 6.07) is 6.44. The van der Waals surface area contributed by atoms with Crippen LogP contribution in [-0.2, 0) is 6.42 Å². The van der Waals surface area contributed by atoms with Gasteiger partial charge in [-0.25, -0.2) is 5.26 Å². The largest absolute Gasteiger partial charge is 0.361 e. The molecule has 78 valence electrons. The van der Waals surface area contributed by atoms with Gasteiger partial charge in [0, 0.05) is 23.7 Å². The van der Waals surface area contributed by atoms with Gasteiger partial charge in [0.2, 0.25) is 0 Å². The second kappa shape index (κ2) is 5.18. The Kier molecular flexibility index (Phi) is 3.90. The van der Waals surface area contributed by atoms with Crippen LogP contribution in [0.15, 0.2) is 24.4 Å². The predicted molar refractivity (Wildman–Crippen MR) is 62.5 cm³/mol. The quantitative estimate of drug-likeness (QED) is 0.781. The van der Waals surface area contributed by atoms with Gasteiger partial charge >= 0.3 is 0 Å². The number of hydrogen-bond acceptors (Lipinski definition) is 2. The molecule has 0 atom stereocenters. The zero-order valence-corrected chi connectivity index (χ0v) is 8.83. The van der Waals surface area contributed by atoms with Crippen LogP contribution in [0.5, 0.6) is 0 Å². The third-order valence-electron chi connectivity index (χ3n) is 2.34. The first-order chi connectivity index (χ1) is 7.31. The van der Waals surface area contributed by atoms with E-state index in [1.54, 1.807) is 0 Å². The lowest BCUT2D eigenvalue weighted by molar-refractivity contribution is 0.976. The van der Waals surface area contributed by atoms with E-state index in [-0.39, 0.29) is 0 Å². The zero-order chi connectivity index (χ0) is 11.3. The molecule has 3 heteroatoms. The average Bonchev–Trinajstić information content (AvgIpc) is 2.65. The molecular weight excluding hydrogens is 186 g/mol. The Bertz CT molecular complexity index is 454. The Hall–Kier alpha value is -1.79. The number of H-pyrrole nitrogens is 1. The molecule has 2 rings (SSSR count). The standard InChI is InChI=1S/C11H14N2.CHN/c1-8-2-3-11-10(6-8)9(4-5-12)7-13-11;1-2/h2-3,6-7,13H,4-5,12H2,1H3;1H. The van der Waals surface area contributed by atoms with Crippen molar-refractivity contribution >= 4 is 10.9 Å².